The second-order valence-corrected chi connectivity index (χ2v) is 5.01. The molecule has 2 nitrogen and oxygen atoms in total. The number of alkyl halides is 1. The molecule has 0 aliphatic carbocycles. The molecule has 16 heavy (non-hydrogen) atoms. The summed E-state index contributed by atoms with van der Waals surface area (Å²) in [7, 11) is 0. The molecule has 3 heteroatoms. The zero-order chi connectivity index (χ0) is 11.5. The van der Waals surface area contributed by atoms with E-state index in [2.05, 4.69) is 0 Å². The van der Waals surface area contributed by atoms with E-state index in [9.17, 15) is 4.79 Å². The summed E-state index contributed by atoms with van der Waals surface area (Å²) in [6.07, 6.45) is 0.885. The molecular weight excluding hydrogens is 222 g/mol. The normalized spacial score (nSPS) is 22.5. The fraction of sp³-hybridized carbons (Fsp3) is 0.462. The van der Waals surface area contributed by atoms with E-state index in [1.165, 1.54) is 5.56 Å². The Morgan fingerprint density at radius 2 is 2.12 bits per heavy atom. The van der Waals surface area contributed by atoms with Crippen molar-refractivity contribution < 1.29 is 4.79 Å². The predicted molar refractivity (Wildman–Crippen MR) is 65.3 cm³/mol. The first-order chi connectivity index (χ1) is 7.68. The largest absolute Gasteiger partial charge is 0.338 e. The Morgan fingerprint density at radius 3 is 2.69 bits per heavy atom. The third kappa shape index (κ3) is 2.38. The molecule has 1 aliphatic heterocycles. The first-order valence-corrected chi connectivity index (χ1v) is 6.09. The number of hydrogen-bond acceptors (Lipinski definition) is 1. The van der Waals surface area contributed by atoms with E-state index in [0.29, 0.717) is 6.54 Å². The van der Waals surface area contributed by atoms with Gasteiger partial charge in [0.25, 0.3) is 0 Å². The summed E-state index contributed by atoms with van der Waals surface area (Å²) in [5.41, 5.74) is 1.18. The molecule has 0 N–H and O–H groups in total. The molecule has 1 fully saturated rings. The average Bonchev–Trinajstić information content (AvgIpc) is 2.62. The van der Waals surface area contributed by atoms with Crippen LogP contribution in [0.1, 0.15) is 18.9 Å². The van der Waals surface area contributed by atoms with Crippen LogP contribution >= 0.6 is 11.6 Å². The van der Waals surface area contributed by atoms with Crippen LogP contribution in [-0.4, -0.2) is 22.7 Å². The van der Waals surface area contributed by atoms with Crippen LogP contribution in [0.15, 0.2) is 30.3 Å². The number of hydrogen-bond donors (Lipinski definition) is 0. The van der Waals surface area contributed by atoms with Crippen LogP contribution in [0.25, 0.3) is 0 Å². The first kappa shape index (κ1) is 11.5. The fourth-order valence-corrected chi connectivity index (χ4v) is 2.38. The molecule has 2 atom stereocenters. The zero-order valence-corrected chi connectivity index (χ0v) is 10.2. The second kappa shape index (κ2) is 4.88. The number of likely N-dealkylation sites (tertiary alicyclic amines) is 1. The Balaban J connectivity index is 2.01. The maximum atomic E-state index is 12.0. The van der Waals surface area contributed by atoms with Crippen molar-refractivity contribution in [1.29, 1.82) is 0 Å². The lowest BCUT2D eigenvalue weighted by atomic mass is 10.1. The molecule has 0 aromatic heterocycles. The van der Waals surface area contributed by atoms with Crippen LogP contribution in [0, 0.1) is 5.92 Å². The fourth-order valence-electron chi connectivity index (χ4n) is 2.15. The molecule has 1 aromatic rings. The molecule has 0 saturated carbocycles. The average molecular weight is 238 g/mol. The molecular formula is C13H16ClNO. The molecule has 2 rings (SSSR count). The van der Waals surface area contributed by atoms with Crippen molar-refractivity contribution in [3.05, 3.63) is 35.9 Å². The van der Waals surface area contributed by atoms with Crippen LogP contribution < -0.4 is 0 Å². The number of nitrogens with zero attached hydrogens (tertiary/aromatic N) is 1. The highest BCUT2D eigenvalue weighted by Gasteiger charge is 2.34. The van der Waals surface area contributed by atoms with Crippen LogP contribution in [-0.2, 0) is 11.3 Å². The SMILES string of the molecule is CC(Cl)C1CCN(Cc2ccccc2)C1=O. The highest BCUT2D eigenvalue weighted by Crippen LogP contribution is 2.25. The summed E-state index contributed by atoms with van der Waals surface area (Å²) in [4.78, 5) is 13.9. The number of benzene rings is 1. The van der Waals surface area contributed by atoms with Gasteiger partial charge in [-0.25, -0.2) is 0 Å². The van der Waals surface area contributed by atoms with Crippen LogP contribution in [0.2, 0.25) is 0 Å². The standard InChI is InChI=1S/C13H16ClNO/c1-10(14)12-7-8-15(13(12)16)9-11-5-3-2-4-6-11/h2-6,10,12H,7-9H2,1H3. The Hall–Kier alpha value is -1.02. The lowest BCUT2D eigenvalue weighted by Crippen LogP contribution is -2.29. The van der Waals surface area contributed by atoms with E-state index in [1.807, 2.05) is 42.2 Å². The summed E-state index contributed by atoms with van der Waals surface area (Å²) in [6.45, 7) is 3.44. The Bertz CT molecular complexity index is 363. The van der Waals surface area contributed by atoms with E-state index in [0.717, 1.165) is 13.0 Å². The van der Waals surface area contributed by atoms with Crippen molar-refractivity contribution in [3.8, 4) is 0 Å². The zero-order valence-electron chi connectivity index (χ0n) is 9.40. The van der Waals surface area contributed by atoms with Crippen molar-refractivity contribution in [2.24, 2.45) is 5.92 Å². The highest BCUT2D eigenvalue weighted by molar-refractivity contribution is 6.22. The van der Waals surface area contributed by atoms with Gasteiger partial charge in [0.05, 0.1) is 5.92 Å². The van der Waals surface area contributed by atoms with E-state index in [1.54, 1.807) is 0 Å². The van der Waals surface area contributed by atoms with Gasteiger partial charge in [0.1, 0.15) is 0 Å². The van der Waals surface area contributed by atoms with Gasteiger partial charge in [-0.1, -0.05) is 30.3 Å². The van der Waals surface area contributed by atoms with Crippen molar-refractivity contribution in [1.82, 2.24) is 4.90 Å². The smallest absolute Gasteiger partial charge is 0.227 e. The topological polar surface area (TPSA) is 20.3 Å². The van der Waals surface area contributed by atoms with E-state index >= 15 is 0 Å². The van der Waals surface area contributed by atoms with E-state index < -0.39 is 0 Å². The summed E-state index contributed by atoms with van der Waals surface area (Å²) in [5, 5.41) is -0.0618. The summed E-state index contributed by atoms with van der Waals surface area (Å²) in [6, 6.07) is 10.1. The lowest BCUT2D eigenvalue weighted by Gasteiger charge is -2.17. The molecule has 0 spiro atoms. The van der Waals surface area contributed by atoms with Gasteiger partial charge in [-0.3, -0.25) is 4.79 Å². The molecule has 86 valence electrons. The van der Waals surface area contributed by atoms with Gasteiger partial charge in [-0.2, -0.15) is 0 Å². The van der Waals surface area contributed by atoms with Gasteiger partial charge in [0.15, 0.2) is 0 Å². The lowest BCUT2D eigenvalue weighted by molar-refractivity contribution is -0.131. The monoisotopic (exact) mass is 237 g/mol. The number of halogens is 1. The van der Waals surface area contributed by atoms with Gasteiger partial charge in [0.2, 0.25) is 5.91 Å². The predicted octanol–water partition coefficient (Wildman–Crippen LogP) is 2.66. The Kier molecular flexibility index (Phi) is 3.49. The van der Waals surface area contributed by atoms with Crippen molar-refractivity contribution in [3.63, 3.8) is 0 Å². The quantitative estimate of drug-likeness (QED) is 0.741. The number of rotatable bonds is 3. The molecule has 1 aliphatic rings. The van der Waals surface area contributed by atoms with Gasteiger partial charge >= 0.3 is 0 Å². The summed E-state index contributed by atoms with van der Waals surface area (Å²) >= 11 is 6.00. The third-order valence-corrected chi connectivity index (χ3v) is 3.41. The molecule has 0 bridgehead atoms. The van der Waals surface area contributed by atoms with E-state index in [4.69, 9.17) is 11.6 Å². The maximum absolute atomic E-state index is 12.0. The Labute approximate surface area is 101 Å². The Morgan fingerprint density at radius 1 is 1.44 bits per heavy atom. The van der Waals surface area contributed by atoms with Crippen LogP contribution in [0.5, 0.6) is 0 Å². The molecule has 0 radical (unpaired) electrons. The highest BCUT2D eigenvalue weighted by atomic mass is 35.5. The third-order valence-electron chi connectivity index (χ3n) is 3.11. The number of carbonyl (C=O) groups excluding carboxylic acids is 1. The van der Waals surface area contributed by atoms with Crippen molar-refractivity contribution in [2.45, 2.75) is 25.3 Å². The van der Waals surface area contributed by atoms with Gasteiger partial charge < -0.3 is 4.90 Å². The maximum Gasteiger partial charge on any atom is 0.227 e. The number of amides is 1. The molecule has 1 heterocycles. The molecule has 1 amide bonds. The number of carbonyl (C=O) groups is 1. The summed E-state index contributed by atoms with van der Waals surface area (Å²) < 4.78 is 0. The molecule has 1 saturated heterocycles. The van der Waals surface area contributed by atoms with Gasteiger partial charge in [-0.15, -0.1) is 11.6 Å². The van der Waals surface area contributed by atoms with Crippen molar-refractivity contribution >= 4 is 17.5 Å². The van der Waals surface area contributed by atoms with Gasteiger partial charge in [0, 0.05) is 18.5 Å². The second-order valence-electron chi connectivity index (χ2n) is 4.32. The minimum absolute atomic E-state index is 0.00498. The first-order valence-electron chi connectivity index (χ1n) is 5.65. The minimum atomic E-state index is -0.0618. The molecule has 1 aromatic carbocycles. The van der Waals surface area contributed by atoms with Crippen LogP contribution in [0.3, 0.4) is 0 Å². The minimum Gasteiger partial charge on any atom is -0.338 e. The summed E-state index contributed by atoms with van der Waals surface area (Å²) in [5.74, 6) is 0.205. The van der Waals surface area contributed by atoms with Crippen molar-refractivity contribution in [2.75, 3.05) is 6.54 Å². The van der Waals surface area contributed by atoms with Crippen LogP contribution in [0.4, 0.5) is 0 Å². The van der Waals surface area contributed by atoms with Gasteiger partial charge in [-0.05, 0) is 18.9 Å². The molecule has 2 unspecified atom stereocenters. The van der Waals surface area contributed by atoms with E-state index in [-0.39, 0.29) is 17.2 Å².